The fourth-order valence-electron chi connectivity index (χ4n) is 4.93. The van der Waals surface area contributed by atoms with Gasteiger partial charge < -0.3 is 10.1 Å². The predicted octanol–water partition coefficient (Wildman–Crippen LogP) is 2.85. The molecule has 1 fully saturated rings. The van der Waals surface area contributed by atoms with Gasteiger partial charge in [0.05, 0.1) is 17.3 Å². The highest BCUT2D eigenvalue weighted by Gasteiger charge is 2.35. The molecule has 40 heavy (non-hydrogen) atoms. The van der Waals surface area contributed by atoms with Gasteiger partial charge >= 0.3 is 0 Å². The van der Waals surface area contributed by atoms with Crippen LogP contribution in [-0.4, -0.2) is 66.3 Å². The molecule has 2 unspecified atom stereocenters. The zero-order valence-corrected chi connectivity index (χ0v) is 22.6. The third-order valence-electron chi connectivity index (χ3n) is 6.88. The normalized spacial score (nSPS) is 15.8. The summed E-state index contributed by atoms with van der Waals surface area (Å²) >= 11 is 1.42. The van der Waals surface area contributed by atoms with Crippen molar-refractivity contribution in [3.63, 3.8) is 0 Å². The van der Waals surface area contributed by atoms with Crippen molar-refractivity contribution in [3.05, 3.63) is 76.7 Å². The Morgan fingerprint density at radius 1 is 1.18 bits per heavy atom. The van der Waals surface area contributed by atoms with Crippen LogP contribution in [0, 0.1) is 6.92 Å². The Morgan fingerprint density at radius 2 is 2.08 bits per heavy atom. The van der Waals surface area contributed by atoms with Gasteiger partial charge in [0.25, 0.3) is 0 Å². The van der Waals surface area contributed by atoms with E-state index in [9.17, 15) is 9.59 Å². The van der Waals surface area contributed by atoms with Crippen molar-refractivity contribution < 1.29 is 14.3 Å². The lowest BCUT2D eigenvalue weighted by Gasteiger charge is -2.31. The van der Waals surface area contributed by atoms with E-state index in [-0.39, 0.29) is 24.5 Å². The minimum atomic E-state index is -0.901. The third kappa shape index (κ3) is 5.20. The molecule has 0 bridgehead atoms. The average molecular weight is 558 g/mol. The fourth-order valence-corrected chi connectivity index (χ4v) is 5.74. The second kappa shape index (κ2) is 11.3. The molecule has 1 aliphatic rings. The van der Waals surface area contributed by atoms with Gasteiger partial charge in [-0.2, -0.15) is 0 Å². The van der Waals surface area contributed by atoms with Crippen LogP contribution in [0.2, 0.25) is 0 Å². The zero-order valence-electron chi connectivity index (χ0n) is 21.8. The number of amides is 2. The lowest BCUT2D eigenvalue weighted by Crippen LogP contribution is -2.46. The maximum absolute atomic E-state index is 14.2. The van der Waals surface area contributed by atoms with E-state index < -0.39 is 6.04 Å². The Hall–Kier alpha value is -4.49. The lowest BCUT2D eigenvalue weighted by atomic mass is 10.1. The number of carbonyl (C=O) groups is 2. The molecule has 0 aliphatic carbocycles. The first-order valence-corrected chi connectivity index (χ1v) is 13.8. The molecule has 0 saturated carbocycles. The van der Waals surface area contributed by atoms with Crippen LogP contribution in [0.5, 0.6) is 0 Å². The van der Waals surface area contributed by atoms with Crippen molar-refractivity contribution in [2.45, 2.75) is 38.5 Å². The summed E-state index contributed by atoms with van der Waals surface area (Å²) in [5, 5.41) is 24.8. The number of nitrogens with zero attached hydrogens (tertiary/aromatic N) is 8. The molecule has 5 aromatic rings. The molecule has 6 rings (SSSR count). The number of tetrazole rings is 1. The molecule has 4 heterocycles. The lowest BCUT2D eigenvalue weighted by molar-refractivity contribution is -0.127. The van der Waals surface area contributed by atoms with Crippen LogP contribution in [-0.2, 0) is 20.9 Å². The molecule has 1 saturated heterocycles. The third-order valence-corrected chi connectivity index (χ3v) is 7.80. The van der Waals surface area contributed by atoms with Gasteiger partial charge in [0.1, 0.15) is 24.4 Å². The van der Waals surface area contributed by atoms with Crippen LogP contribution < -0.4 is 10.2 Å². The van der Waals surface area contributed by atoms with E-state index in [0.717, 1.165) is 34.5 Å². The van der Waals surface area contributed by atoms with Crippen molar-refractivity contribution in [3.8, 4) is 5.69 Å². The number of nitrogens with one attached hydrogen (secondary N) is 1. The van der Waals surface area contributed by atoms with E-state index in [0.29, 0.717) is 24.4 Å². The number of aromatic nitrogens is 7. The quantitative estimate of drug-likeness (QED) is 0.293. The molecule has 0 spiro atoms. The van der Waals surface area contributed by atoms with Gasteiger partial charge in [-0.15, -0.1) is 21.5 Å². The summed E-state index contributed by atoms with van der Waals surface area (Å²) < 4.78 is 8.82. The van der Waals surface area contributed by atoms with Crippen molar-refractivity contribution >= 4 is 39.9 Å². The highest BCUT2D eigenvalue weighted by molar-refractivity contribution is 7.10. The molecular weight excluding hydrogens is 530 g/mol. The topological polar surface area (TPSA) is 133 Å². The first-order valence-electron chi connectivity index (χ1n) is 13.0. The number of thiophene rings is 1. The molecule has 1 N–H and O–H groups in total. The van der Waals surface area contributed by atoms with E-state index in [2.05, 4.69) is 31.2 Å². The van der Waals surface area contributed by atoms with Crippen LogP contribution in [0.1, 0.15) is 29.3 Å². The Kier molecular flexibility index (Phi) is 7.29. The van der Waals surface area contributed by atoms with Gasteiger partial charge in [-0.3, -0.25) is 14.5 Å². The maximum Gasteiger partial charge on any atom is 0.249 e. The molecular formula is C27H27N9O3S. The summed E-state index contributed by atoms with van der Waals surface area (Å²) in [6.07, 6.45) is 3.34. The molecule has 12 nitrogen and oxygen atoms in total. The maximum atomic E-state index is 14.2. The molecule has 204 valence electrons. The number of fused-ring (bicyclic) bond motifs is 1. The Bertz CT molecular complexity index is 1610. The van der Waals surface area contributed by atoms with Crippen molar-refractivity contribution in [2.75, 3.05) is 18.1 Å². The summed E-state index contributed by atoms with van der Waals surface area (Å²) in [6, 6.07) is 15.8. The van der Waals surface area contributed by atoms with E-state index in [1.165, 1.54) is 17.7 Å². The number of aryl methyl sites for hydroxylation is 1. The Balaban J connectivity index is 1.39. The number of rotatable bonds is 9. The smallest absolute Gasteiger partial charge is 0.249 e. The highest BCUT2D eigenvalue weighted by atomic mass is 32.1. The minimum absolute atomic E-state index is 0.0311. The van der Waals surface area contributed by atoms with Crippen LogP contribution in [0.4, 0.5) is 5.69 Å². The number of hydrogen-bond acceptors (Lipinski definition) is 9. The van der Waals surface area contributed by atoms with Crippen LogP contribution in [0.25, 0.3) is 16.7 Å². The monoisotopic (exact) mass is 557 g/mol. The largest absolute Gasteiger partial charge is 0.376 e. The number of para-hydroxylation sites is 1. The summed E-state index contributed by atoms with van der Waals surface area (Å²) in [6.45, 7) is 2.88. The second-order valence-electron chi connectivity index (χ2n) is 9.52. The SMILES string of the molecule is Cc1cc(N(C(=O)Cn2nnc3ccccc32)C(C(=O)NCC2CCCO2)c2cccs2)ccc1-n1cnnn1. The summed E-state index contributed by atoms with van der Waals surface area (Å²) in [5.41, 5.74) is 3.58. The van der Waals surface area contributed by atoms with Crippen LogP contribution in [0.3, 0.4) is 0 Å². The first-order chi connectivity index (χ1) is 19.6. The van der Waals surface area contributed by atoms with E-state index in [1.807, 2.05) is 60.8 Å². The summed E-state index contributed by atoms with van der Waals surface area (Å²) in [7, 11) is 0. The Morgan fingerprint density at radius 3 is 2.83 bits per heavy atom. The van der Waals surface area contributed by atoms with Gasteiger partial charge in [-0.1, -0.05) is 23.4 Å². The average Bonchev–Trinajstić information content (AvgIpc) is 3.79. The number of ether oxygens (including phenoxy) is 1. The zero-order chi connectivity index (χ0) is 27.5. The first kappa shape index (κ1) is 25.8. The fraction of sp³-hybridized carbons (Fsp3) is 0.296. The van der Waals surface area contributed by atoms with Gasteiger partial charge in [0.15, 0.2) is 0 Å². The molecule has 2 atom stereocenters. The number of carbonyl (C=O) groups excluding carboxylic acids is 2. The molecule has 0 radical (unpaired) electrons. The van der Waals surface area contributed by atoms with E-state index >= 15 is 0 Å². The minimum Gasteiger partial charge on any atom is -0.376 e. The number of anilines is 1. The molecule has 2 aromatic carbocycles. The van der Waals surface area contributed by atoms with Gasteiger partial charge in [-0.05, 0) is 77.5 Å². The van der Waals surface area contributed by atoms with Gasteiger partial charge in [0, 0.05) is 23.7 Å². The number of benzene rings is 2. The van der Waals surface area contributed by atoms with Crippen molar-refractivity contribution in [1.29, 1.82) is 0 Å². The van der Waals surface area contributed by atoms with E-state index in [4.69, 9.17) is 4.74 Å². The second-order valence-corrected chi connectivity index (χ2v) is 10.5. The van der Waals surface area contributed by atoms with Crippen molar-refractivity contribution in [1.82, 2.24) is 40.5 Å². The standard InChI is InChI=1S/C27H27N9O3S/c1-18-14-19(10-11-22(18)35-17-29-31-33-35)36(25(37)16-34-23-8-3-2-7-21(23)30-32-34)26(24-9-5-13-40-24)27(38)28-15-20-6-4-12-39-20/h2-3,5,7-11,13-14,17,20,26H,4,6,12,15-16H2,1H3,(H,28,38). The summed E-state index contributed by atoms with van der Waals surface area (Å²) in [5.74, 6) is -0.590. The van der Waals surface area contributed by atoms with Gasteiger partial charge in [-0.25, -0.2) is 9.36 Å². The molecule has 3 aromatic heterocycles. The molecule has 2 amide bonds. The molecule has 1 aliphatic heterocycles. The van der Waals surface area contributed by atoms with Gasteiger partial charge in [0.2, 0.25) is 11.8 Å². The predicted molar refractivity (Wildman–Crippen MR) is 148 cm³/mol. The highest BCUT2D eigenvalue weighted by Crippen LogP contribution is 2.33. The summed E-state index contributed by atoms with van der Waals surface area (Å²) in [4.78, 5) is 30.3. The van der Waals surface area contributed by atoms with Crippen LogP contribution in [0.15, 0.2) is 66.3 Å². The Labute approximate surface area is 233 Å². The number of hydrogen-bond donors (Lipinski definition) is 1. The molecule has 13 heteroatoms. The van der Waals surface area contributed by atoms with E-state index in [1.54, 1.807) is 20.3 Å². The van der Waals surface area contributed by atoms with Crippen molar-refractivity contribution in [2.24, 2.45) is 0 Å². The van der Waals surface area contributed by atoms with Crippen LogP contribution >= 0.6 is 11.3 Å².